The Labute approximate surface area is 224 Å². The third kappa shape index (κ3) is 7.71. The van der Waals surface area contributed by atoms with Crippen LogP contribution in [-0.4, -0.2) is 66.0 Å². The molecule has 1 aromatic heterocycles. The van der Waals surface area contributed by atoms with Crippen LogP contribution in [-0.2, 0) is 11.2 Å². The predicted molar refractivity (Wildman–Crippen MR) is 141 cm³/mol. The molecule has 1 aliphatic heterocycles. The van der Waals surface area contributed by atoms with Gasteiger partial charge in [-0.1, -0.05) is 12.1 Å². The molecule has 0 aliphatic carbocycles. The van der Waals surface area contributed by atoms with Crippen LogP contribution in [0.25, 0.3) is 0 Å². The molecule has 1 fully saturated rings. The number of carbonyl (C=O) groups is 3. The summed E-state index contributed by atoms with van der Waals surface area (Å²) in [5.74, 6) is -1.42. The van der Waals surface area contributed by atoms with E-state index in [4.69, 9.17) is 4.74 Å². The van der Waals surface area contributed by atoms with Crippen LogP contribution >= 0.6 is 0 Å². The van der Waals surface area contributed by atoms with Crippen LogP contribution in [0.15, 0.2) is 60.8 Å². The van der Waals surface area contributed by atoms with Crippen LogP contribution < -0.4 is 20.7 Å². The minimum absolute atomic E-state index is 0.0938. The van der Waals surface area contributed by atoms with E-state index in [0.717, 1.165) is 12.5 Å². The molecule has 10 nitrogen and oxygen atoms in total. The fourth-order valence-corrected chi connectivity index (χ4v) is 3.99. The van der Waals surface area contributed by atoms with Crippen molar-refractivity contribution in [3.63, 3.8) is 0 Å². The number of aromatic nitrogens is 1. The van der Waals surface area contributed by atoms with Crippen LogP contribution in [0.3, 0.4) is 0 Å². The molecule has 0 radical (unpaired) electrons. The molecule has 0 saturated carbocycles. The molecular formula is C27H28F2N6O4. The monoisotopic (exact) mass is 538 g/mol. The van der Waals surface area contributed by atoms with Gasteiger partial charge in [-0.3, -0.25) is 15.4 Å². The average molecular weight is 539 g/mol. The number of urea groups is 2. The second-order valence-corrected chi connectivity index (χ2v) is 9.21. The van der Waals surface area contributed by atoms with E-state index in [9.17, 15) is 23.2 Å². The standard InChI is InChI=1S/C27H28F2N6O4/c1-34(2)20-10-12-35(16-20)27(38)32-24-15-21(9-11-30-24)39-23-8-7-19(14-22(23)29)31-26(37)33-25(36)13-17-3-5-18(28)6-4-17/h3-9,11,14-15,20H,10,12-13,16H2,1-2H3,(H,30,32,38)(H2,31,33,36,37)/t20-/m1/s1. The summed E-state index contributed by atoms with van der Waals surface area (Å²) in [6.07, 6.45) is 2.19. The largest absolute Gasteiger partial charge is 0.454 e. The van der Waals surface area contributed by atoms with Gasteiger partial charge in [-0.2, -0.15) is 0 Å². The highest BCUT2D eigenvalue weighted by atomic mass is 19.1. The number of likely N-dealkylation sites (tertiary alicyclic amines) is 1. The smallest absolute Gasteiger partial charge is 0.325 e. The maximum absolute atomic E-state index is 14.7. The van der Waals surface area contributed by atoms with E-state index in [1.807, 2.05) is 14.1 Å². The molecule has 0 unspecified atom stereocenters. The summed E-state index contributed by atoms with van der Waals surface area (Å²) in [6, 6.07) is 11.2. The normalized spacial score (nSPS) is 14.7. The molecule has 0 bridgehead atoms. The van der Waals surface area contributed by atoms with Gasteiger partial charge in [0.25, 0.3) is 0 Å². The minimum atomic E-state index is -0.848. The van der Waals surface area contributed by atoms with Gasteiger partial charge in [0.15, 0.2) is 11.6 Å². The van der Waals surface area contributed by atoms with Crippen LogP contribution in [0.5, 0.6) is 11.5 Å². The molecule has 1 aliphatic rings. The number of imide groups is 1. The molecule has 204 valence electrons. The number of halogens is 2. The molecular weight excluding hydrogens is 510 g/mol. The molecule has 1 saturated heterocycles. The first kappa shape index (κ1) is 27.5. The number of nitrogens with one attached hydrogen (secondary N) is 3. The third-order valence-corrected chi connectivity index (χ3v) is 6.10. The summed E-state index contributed by atoms with van der Waals surface area (Å²) in [7, 11) is 3.95. The van der Waals surface area contributed by atoms with E-state index in [-0.39, 0.29) is 35.5 Å². The first-order chi connectivity index (χ1) is 18.7. The molecule has 4 rings (SSSR count). The number of anilines is 2. The molecule has 3 aromatic rings. The lowest BCUT2D eigenvalue weighted by Gasteiger charge is -2.20. The zero-order valence-electron chi connectivity index (χ0n) is 21.4. The molecule has 2 aromatic carbocycles. The molecule has 5 amide bonds. The fourth-order valence-electron chi connectivity index (χ4n) is 3.99. The van der Waals surface area contributed by atoms with Gasteiger partial charge in [0.05, 0.1) is 6.42 Å². The maximum Gasteiger partial charge on any atom is 0.325 e. The molecule has 1 atom stereocenters. The van der Waals surface area contributed by atoms with Gasteiger partial charge < -0.3 is 19.9 Å². The average Bonchev–Trinajstić information content (AvgIpc) is 3.38. The van der Waals surface area contributed by atoms with Gasteiger partial charge >= 0.3 is 12.1 Å². The van der Waals surface area contributed by atoms with E-state index in [1.165, 1.54) is 54.7 Å². The second kappa shape index (κ2) is 12.3. The lowest BCUT2D eigenvalue weighted by atomic mass is 10.1. The number of carbonyl (C=O) groups excluding carboxylic acids is 3. The van der Waals surface area contributed by atoms with Crippen molar-refractivity contribution in [2.45, 2.75) is 18.9 Å². The third-order valence-electron chi connectivity index (χ3n) is 6.10. The minimum Gasteiger partial charge on any atom is -0.454 e. The van der Waals surface area contributed by atoms with Crippen LogP contribution in [0.4, 0.5) is 29.9 Å². The van der Waals surface area contributed by atoms with Crippen LogP contribution in [0, 0.1) is 11.6 Å². The number of benzene rings is 2. The van der Waals surface area contributed by atoms with Gasteiger partial charge in [0, 0.05) is 43.1 Å². The summed E-state index contributed by atoms with van der Waals surface area (Å²) >= 11 is 0. The van der Waals surface area contributed by atoms with Crippen molar-refractivity contribution in [1.82, 2.24) is 20.1 Å². The summed E-state index contributed by atoms with van der Waals surface area (Å²) in [5.41, 5.74) is 0.623. The Balaban J connectivity index is 1.30. The summed E-state index contributed by atoms with van der Waals surface area (Å²) < 4.78 is 33.3. The highest BCUT2D eigenvalue weighted by Gasteiger charge is 2.27. The number of ether oxygens (including phenoxy) is 1. The number of rotatable bonds is 7. The zero-order valence-corrected chi connectivity index (χ0v) is 21.4. The van der Waals surface area contributed by atoms with Crippen molar-refractivity contribution in [2.24, 2.45) is 0 Å². The Morgan fingerprint density at radius 3 is 2.51 bits per heavy atom. The number of pyridine rings is 1. The van der Waals surface area contributed by atoms with Gasteiger partial charge in [0.2, 0.25) is 5.91 Å². The van der Waals surface area contributed by atoms with Gasteiger partial charge in [-0.15, -0.1) is 0 Å². The van der Waals surface area contributed by atoms with E-state index in [2.05, 4.69) is 25.8 Å². The predicted octanol–water partition coefficient (Wildman–Crippen LogP) is 4.21. The van der Waals surface area contributed by atoms with E-state index < -0.39 is 23.6 Å². The lowest BCUT2D eigenvalue weighted by molar-refractivity contribution is -0.119. The topological polar surface area (TPSA) is 116 Å². The number of hydrogen-bond donors (Lipinski definition) is 3. The summed E-state index contributed by atoms with van der Waals surface area (Å²) in [6.45, 7) is 1.25. The second-order valence-electron chi connectivity index (χ2n) is 9.21. The van der Waals surface area contributed by atoms with Crippen molar-refractivity contribution >= 4 is 29.5 Å². The van der Waals surface area contributed by atoms with Crippen molar-refractivity contribution in [2.75, 3.05) is 37.8 Å². The first-order valence-corrected chi connectivity index (χ1v) is 12.2. The summed E-state index contributed by atoms with van der Waals surface area (Å²) in [5, 5.41) is 7.24. The maximum atomic E-state index is 14.7. The SMILES string of the molecule is CN(C)[C@@H]1CCN(C(=O)Nc2cc(Oc3ccc(NC(=O)NC(=O)Cc4ccc(F)cc4)cc3F)ccn2)C1. The number of nitrogens with zero attached hydrogens (tertiary/aromatic N) is 3. The number of likely N-dealkylation sites (N-methyl/N-ethyl adjacent to an activating group) is 1. The van der Waals surface area contributed by atoms with Crippen molar-refractivity contribution in [3.05, 3.63) is 78.0 Å². The summed E-state index contributed by atoms with van der Waals surface area (Å²) in [4.78, 5) is 44.7. The number of amides is 5. The van der Waals surface area contributed by atoms with Gasteiger partial charge in [-0.05, 0) is 56.4 Å². The Bertz CT molecular complexity index is 1350. The van der Waals surface area contributed by atoms with Crippen LogP contribution in [0.1, 0.15) is 12.0 Å². The van der Waals surface area contributed by atoms with Crippen molar-refractivity contribution < 1.29 is 27.9 Å². The molecule has 2 heterocycles. The highest BCUT2D eigenvalue weighted by Crippen LogP contribution is 2.28. The Morgan fingerprint density at radius 2 is 1.82 bits per heavy atom. The van der Waals surface area contributed by atoms with E-state index >= 15 is 0 Å². The zero-order chi connectivity index (χ0) is 27.9. The van der Waals surface area contributed by atoms with E-state index in [0.29, 0.717) is 24.7 Å². The van der Waals surface area contributed by atoms with Gasteiger partial charge in [-0.25, -0.2) is 23.4 Å². The molecule has 39 heavy (non-hydrogen) atoms. The molecule has 12 heteroatoms. The van der Waals surface area contributed by atoms with Crippen molar-refractivity contribution in [1.29, 1.82) is 0 Å². The Kier molecular flexibility index (Phi) is 8.67. The fraction of sp³-hybridized carbons (Fsp3) is 0.259. The van der Waals surface area contributed by atoms with Crippen molar-refractivity contribution in [3.8, 4) is 11.5 Å². The highest BCUT2D eigenvalue weighted by molar-refractivity contribution is 6.01. The number of hydrogen-bond acceptors (Lipinski definition) is 6. The lowest BCUT2D eigenvalue weighted by Crippen LogP contribution is -2.37. The van der Waals surface area contributed by atoms with Crippen LogP contribution in [0.2, 0.25) is 0 Å². The Hall–Kier alpha value is -4.58. The first-order valence-electron chi connectivity index (χ1n) is 12.2. The van der Waals surface area contributed by atoms with Gasteiger partial charge in [0.1, 0.15) is 17.4 Å². The Morgan fingerprint density at radius 1 is 1.05 bits per heavy atom. The molecule has 3 N–H and O–H groups in total. The quantitative estimate of drug-likeness (QED) is 0.415. The molecule has 0 spiro atoms. The van der Waals surface area contributed by atoms with E-state index in [1.54, 1.807) is 4.90 Å².